The molecule has 0 aliphatic rings. The fraction of sp³-hybridized carbons (Fsp3) is 0.714. The van der Waals surface area contributed by atoms with Crippen molar-refractivity contribution in [2.24, 2.45) is 5.92 Å². The fourth-order valence-corrected chi connectivity index (χ4v) is 3.57. The van der Waals surface area contributed by atoms with Gasteiger partial charge >= 0.3 is 0 Å². The molecule has 0 aromatic carbocycles. The van der Waals surface area contributed by atoms with Gasteiger partial charge in [-0.1, -0.05) is 26.8 Å². The monoisotopic (exact) mass is 271 g/mol. The summed E-state index contributed by atoms with van der Waals surface area (Å²) >= 11 is 3.96. The van der Waals surface area contributed by atoms with E-state index in [1.807, 2.05) is 11.3 Å². The first-order valence-electron chi connectivity index (χ1n) is 6.55. The van der Waals surface area contributed by atoms with Gasteiger partial charge in [0.25, 0.3) is 0 Å². The molecule has 1 rings (SSSR count). The van der Waals surface area contributed by atoms with Gasteiger partial charge in [0.15, 0.2) is 0 Å². The molecule has 1 atom stereocenters. The van der Waals surface area contributed by atoms with E-state index in [4.69, 9.17) is 0 Å². The van der Waals surface area contributed by atoms with Crippen molar-refractivity contribution in [3.05, 3.63) is 22.4 Å². The van der Waals surface area contributed by atoms with Crippen molar-refractivity contribution in [2.45, 2.75) is 39.7 Å². The molecule has 1 N–H and O–H groups in total. The normalized spacial score (nSPS) is 13.2. The highest BCUT2D eigenvalue weighted by Gasteiger charge is 2.10. The van der Waals surface area contributed by atoms with E-state index in [0.29, 0.717) is 6.04 Å². The van der Waals surface area contributed by atoms with E-state index in [2.05, 4.69) is 55.4 Å². The van der Waals surface area contributed by atoms with Gasteiger partial charge in [-0.05, 0) is 42.5 Å². The number of hydrogen-bond donors (Lipinski definition) is 1. The molecular formula is C14H25NS2. The minimum Gasteiger partial charge on any atom is -0.313 e. The zero-order valence-corrected chi connectivity index (χ0v) is 12.9. The molecule has 0 amide bonds. The Labute approximate surface area is 114 Å². The zero-order chi connectivity index (χ0) is 12.5. The minimum atomic E-state index is 0.636. The molecule has 3 heteroatoms. The lowest BCUT2D eigenvalue weighted by molar-refractivity contribution is 0.552. The van der Waals surface area contributed by atoms with Crippen molar-refractivity contribution in [1.82, 2.24) is 5.32 Å². The maximum absolute atomic E-state index is 3.67. The molecule has 0 fully saturated rings. The second-order valence-corrected chi connectivity index (χ2v) is 6.97. The van der Waals surface area contributed by atoms with Gasteiger partial charge in [0.2, 0.25) is 0 Å². The van der Waals surface area contributed by atoms with E-state index in [1.54, 1.807) is 0 Å². The zero-order valence-electron chi connectivity index (χ0n) is 11.2. The van der Waals surface area contributed by atoms with Crippen LogP contribution in [0.1, 0.15) is 32.1 Å². The molecule has 1 aromatic rings. The van der Waals surface area contributed by atoms with E-state index in [1.165, 1.54) is 29.2 Å². The molecule has 0 spiro atoms. The van der Waals surface area contributed by atoms with Crippen LogP contribution in [0.2, 0.25) is 0 Å². The smallest absolute Gasteiger partial charge is 0.0206 e. The topological polar surface area (TPSA) is 12.0 Å². The third-order valence-electron chi connectivity index (χ3n) is 2.48. The fourth-order valence-electron chi connectivity index (χ4n) is 1.66. The minimum absolute atomic E-state index is 0.636. The second-order valence-electron chi connectivity index (χ2n) is 4.87. The first kappa shape index (κ1) is 15.1. The molecule has 1 aromatic heterocycles. The molecule has 0 radical (unpaired) electrons. The van der Waals surface area contributed by atoms with Crippen molar-refractivity contribution >= 4 is 23.1 Å². The number of thiophene rings is 1. The molecule has 0 bridgehead atoms. The summed E-state index contributed by atoms with van der Waals surface area (Å²) in [7, 11) is 0. The summed E-state index contributed by atoms with van der Waals surface area (Å²) in [5.41, 5.74) is 0. The van der Waals surface area contributed by atoms with E-state index in [9.17, 15) is 0 Å². The molecule has 0 saturated carbocycles. The summed E-state index contributed by atoms with van der Waals surface area (Å²) in [4.78, 5) is 1.50. The molecule has 98 valence electrons. The van der Waals surface area contributed by atoms with Crippen LogP contribution >= 0.6 is 23.1 Å². The highest BCUT2D eigenvalue weighted by Crippen LogP contribution is 2.15. The Hall–Kier alpha value is 0.01000. The van der Waals surface area contributed by atoms with Gasteiger partial charge in [-0.2, -0.15) is 11.8 Å². The van der Waals surface area contributed by atoms with Gasteiger partial charge in [-0.15, -0.1) is 11.3 Å². The van der Waals surface area contributed by atoms with Crippen LogP contribution in [-0.2, 0) is 6.42 Å². The van der Waals surface area contributed by atoms with Crippen LogP contribution in [0.15, 0.2) is 17.5 Å². The Balaban J connectivity index is 2.31. The lowest BCUT2D eigenvalue weighted by atomic mass is 10.2. The van der Waals surface area contributed by atoms with Crippen LogP contribution in [0.3, 0.4) is 0 Å². The Morgan fingerprint density at radius 1 is 1.35 bits per heavy atom. The van der Waals surface area contributed by atoms with Crippen LogP contribution in [0.4, 0.5) is 0 Å². The lowest BCUT2D eigenvalue weighted by Crippen LogP contribution is -2.34. The Bertz CT molecular complexity index is 270. The lowest BCUT2D eigenvalue weighted by Gasteiger charge is -2.18. The first-order valence-corrected chi connectivity index (χ1v) is 8.59. The van der Waals surface area contributed by atoms with Gasteiger partial charge in [0.05, 0.1) is 0 Å². The number of nitrogens with one attached hydrogen (secondary N) is 1. The summed E-state index contributed by atoms with van der Waals surface area (Å²) in [6, 6.07) is 5.04. The maximum Gasteiger partial charge on any atom is 0.0206 e. The van der Waals surface area contributed by atoms with Crippen molar-refractivity contribution in [1.29, 1.82) is 0 Å². The van der Waals surface area contributed by atoms with Gasteiger partial charge in [-0.3, -0.25) is 0 Å². The van der Waals surface area contributed by atoms with Crippen molar-refractivity contribution < 1.29 is 0 Å². The van der Waals surface area contributed by atoms with Gasteiger partial charge in [0, 0.05) is 16.7 Å². The average molecular weight is 271 g/mol. The third-order valence-corrected chi connectivity index (χ3v) is 4.92. The predicted molar refractivity (Wildman–Crippen MR) is 82.3 cm³/mol. The molecule has 1 unspecified atom stereocenters. The third kappa shape index (κ3) is 7.12. The van der Waals surface area contributed by atoms with Gasteiger partial charge in [-0.25, -0.2) is 0 Å². The van der Waals surface area contributed by atoms with Crippen molar-refractivity contribution in [2.75, 3.05) is 18.1 Å². The molecule has 1 heterocycles. The number of thioether (sulfide) groups is 1. The molecule has 1 nitrogen and oxygen atoms in total. The van der Waals surface area contributed by atoms with E-state index in [0.717, 1.165) is 12.5 Å². The Morgan fingerprint density at radius 3 is 2.76 bits per heavy atom. The maximum atomic E-state index is 3.67. The van der Waals surface area contributed by atoms with Gasteiger partial charge < -0.3 is 5.32 Å². The highest BCUT2D eigenvalue weighted by molar-refractivity contribution is 7.99. The summed E-state index contributed by atoms with van der Waals surface area (Å²) in [6.45, 7) is 7.95. The van der Waals surface area contributed by atoms with Crippen LogP contribution < -0.4 is 5.32 Å². The SMILES string of the molecule is CCCNC(CSCC(C)C)Cc1cccs1. The molecular weight excluding hydrogens is 246 g/mol. The highest BCUT2D eigenvalue weighted by atomic mass is 32.2. The van der Waals surface area contributed by atoms with E-state index < -0.39 is 0 Å². The predicted octanol–water partition coefficient (Wildman–Crippen LogP) is 4.05. The van der Waals surface area contributed by atoms with Gasteiger partial charge in [0.1, 0.15) is 0 Å². The van der Waals surface area contributed by atoms with Crippen LogP contribution in [-0.4, -0.2) is 24.1 Å². The molecule has 0 aliphatic heterocycles. The van der Waals surface area contributed by atoms with Crippen LogP contribution in [0.5, 0.6) is 0 Å². The first-order chi connectivity index (χ1) is 8.22. The average Bonchev–Trinajstić information content (AvgIpc) is 2.78. The molecule has 17 heavy (non-hydrogen) atoms. The Morgan fingerprint density at radius 2 is 2.18 bits per heavy atom. The van der Waals surface area contributed by atoms with Crippen molar-refractivity contribution in [3.63, 3.8) is 0 Å². The van der Waals surface area contributed by atoms with E-state index >= 15 is 0 Å². The Kier molecular flexibility index (Phi) is 7.99. The van der Waals surface area contributed by atoms with Crippen LogP contribution in [0.25, 0.3) is 0 Å². The second kappa shape index (κ2) is 9.01. The molecule has 0 saturated heterocycles. The number of hydrogen-bond acceptors (Lipinski definition) is 3. The van der Waals surface area contributed by atoms with Crippen LogP contribution in [0, 0.1) is 5.92 Å². The summed E-state index contributed by atoms with van der Waals surface area (Å²) < 4.78 is 0. The largest absolute Gasteiger partial charge is 0.313 e. The summed E-state index contributed by atoms with van der Waals surface area (Å²) in [5.74, 6) is 3.30. The number of rotatable bonds is 9. The summed E-state index contributed by atoms with van der Waals surface area (Å²) in [5, 5.41) is 5.84. The standard InChI is InChI=1S/C14H25NS2/c1-4-7-15-13(11-16-10-12(2)3)9-14-6-5-8-17-14/h5-6,8,12-13,15H,4,7,9-11H2,1-3H3. The molecule has 0 aliphatic carbocycles. The quantitative estimate of drug-likeness (QED) is 0.727. The summed E-state index contributed by atoms with van der Waals surface area (Å²) in [6.07, 6.45) is 2.40. The van der Waals surface area contributed by atoms with Crippen molar-refractivity contribution in [3.8, 4) is 0 Å². The van der Waals surface area contributed by atoms with E-state index in [-0.39, 0.29) is 0 Å².